The van der Waals surface area contributed by atoms with Crippen LogP contribution in [0.4, 0.5) is 0 Å². The van der Waals surface area contributed by atoms with Gasteiger partial charge < -0.3 is 9.67 Å². The van der Waals surface area contributed by atoms with E-state index in [1.165, 1.54) is 0 Å². The lowest BCUT2D eigenvalue weighted by atomic mass is 10.9. The van der Waals surface area contributed by atoms with Crippen molar-refractivity contribution in [1.82, 2.24) is 9.55 Å². The maximum Gasteiger partial charge on any atom is 0.0943 e. The average molecular weight is 207 g/mol. The lowest BCUT2D eigenvalue weighted by Gasteiger charge is -1.76. The van der Waals surface area contributed by atoms with Crippen molar-refractivity contribution in [2.45, 2.75) is 0 Å². The summed E-state index contributed by atoms with van der Waals surface area (Å²) in [7, 11) is 1.94. The maximum atomic E-state index is 7.83. The Morgan fingerprint density at radius 2 is 2.30 bits per heavy atom. The third-order valence-electron chi connectivity index (χ3n) is 0.721. The Labute approximate surface area is 68.8 Å². The van der Waals surface area contributed by atoms with Crippen LogP contribution in [0.2, 0.25) is 0 Å². The molecule has 0 aliphatic heterocycles. The van der Waals surface area contributed by atoms with Gasteiger partial charge in [-0.1, -0.05) is 15.9 Å². The minimum atomic E-state index is 0.236. The van der Waals surface area contributed by atoms with Crippen molar-refractivity contribution in [3.8, 4) is 0 Å². The van der Waals surface area contributed by atoms with Gasteiger partial charge in [-0.15, -0.1) is 0 Å². The first-order valence-corrected chi connectivity index (χ1v) is 4.02. The van der Waals surface area contributed by atoms with Crippen LogP contribution in [0.5, 0.6) is 0 Å². The molecule has 0 bridgehead atoms. The number of nitrogens with zero attached hydrogens (tertiary/aromatic N) is 2. The van der Waals surface area contributed by atoms with E-state index in [4.69, 9.17) is 5.11 Å². The molecule has 0 atom stereocenters. The minimum Gasteiger partial charge on any atom is -0.396 e. The molecular weight excluding hydrogens is 196 g/mol. The fourth-order valence-corrected chi connectivity index (χ4v) is 0.326. The Morgan fingerprint density at radius 1 is 1.70 bits per heavy atom. The summed E-state index contributed by atoms with van der Waals surface area (Å²) >= 11 is 3.00. The molecule has 1 rings (SSSR count). The Morgan fingerprint density at radius 3 is 2.40 bits per heavy atom. The molecule has 1 aromatic heterocycles. The second kappa shape index (κ2) is 6.77. The van der Waals surface area contributed by atoms with Crippen molar-refractivity contribution in [2.75, 3.05) is 11.9 Å². The summed E-state index contributed by atoms with van der Waals surface area (Å²) in [5, 5.41) is 8.52. The number of aliphatic hydroxyl groups is 1. The first-order chi connectivity index (χ1) is 4.81. The molecule has 1 N–H and O–H groups in total. The first kappa shape index (κ1) is 9.65. The molecule has 0 radical (unpaired) electrons. The Hall–Kier alpha value is -0.350. The molecule has 4 heteroatoms. The number of halogens is 1. The molecule has 0 saturated carbocycles. The summed E-state index contributed by atoms with van der Waals surface area (Å²) < 4.78 is 1.89. The van der Waals surface area contributed by atoms with E-state index in [1.807, 2.05) is 17.8 Å². The summed E-state index contributed by atoms with van der Waals surface area (Å²) in [5.41, 5.74) is 0. The van der Waals surface area contributed by atoms with E-state index in [9.17, 15) is 0 Å². The third kappa shape index (κ3) is 5.78. The summed E-state index contributed by atoms with van der Waals surface area (Å²) in [6.07, 6.45) is 5.39. The quantitative estimate of drug-likeness (QED) is 0.691. The predicted molar refractivity (Wildman–Crippen MR) is 44.1 cm³/mol. The molecule has 0 spiro atoms. The SMILES string of the molecule is Cn1ccnc1.OCCBr. The highest BCUT2D eigenvalue weighted by atomic mass is 79.9. The number of hydrogen-bond acceptors (Lipinski definition) is 2. The summed E-state index contributed by atoms with van der Waals surface area (Å²) in [4.78, 5) is 3.78. The van der Waals surface area contributed by atoms with E-state index in [0.717, 1.165) is 0 Å². The molecule has 0 aromatic carbocycles. The molecule has 0 saturated heterocycles. The average Bonchev–Trinajstić information content (AvgIpc) is 2.40. The highest BCUT2D eigenvalue weighted by Gasteiger charge is 1.69. The van der Waals surface area contributed by atoms with Crippen LogP contribution in [0, 0.1) is 0 Å². The standard InChI is InChI=1S/C4H6N2.C2H5BrO/c1-6-3-2-5-4-6;3-1-2-4/h2-4H,1H3;4H,1-2H2. The fraction of sp³-hybridized carbons (Fsp3) is 0.500. The number of alkyl halides is 1. The predicted octanol–water partition coefficient (Wildman–Crippen LogP) is 0.794. The van der Waals surface area contributed by atoms with Gasteiger partial charge in [0.25, 0.3) is 0 Å². The normalized spacial score (nSPS) is 8.30. The maximum absolute atomic E-state index is 7.83. The van der Waals surface area contributed by atoms with E-state index in [1.54, 1.807) is 12.5 Å². The Bertz CT molecular complexity index is 139. The second-order valence-corrected chi connectivity index (χ2v) is 2.43. The van der Waals surface area contributed by atoms with Crippen LogP contribution in [0.1, 0.15) is 0 Å². The first-order valence-electron chi connectivity index (χ1n) is 2.90. The molecule has 10 heavy (non-hydrogen) atoms. The Kier molecular flexibility index (Phi) is 6.53. The zero-order valence-electron chi connectivity index (χ0n) is 5.87. The van der Waals surface area contributed by atoms with Gasteiger partial charge in [-0.2, -0.15) is 0 Å². The largest absolute Gasteiger partial charge is 0.396 e. The molecule has 0 fully saturated rings. The molecule has 0 amide bonds. The molecule has 1 heterocycles. The van der Waals surface area contributed by atoms with Crippen molar-refractivity contribution >= 4 is 15.9 Å². The van der Waals surface area contributed by atoms with Crippen LogP contribution in [0.25, 0.3) is 0 Å². The fourth-order valence-electron chi connectivity index (χ4n) is 0.326. The van der Waals surface area contributed by atoms with Crippen molar-refractivity contribution in [2.24, 2.45) is 7.05 Å². The van der Waals surface area contributed by atoms with Gasteiger partial charge in [0.1, 0.15) is 0 Å². The number of aliphatic hydroxyl groups excluding tert-OH is 1. The van der Waals surface area contributed by atoms with Crippen LogP contribution >= 0.6 is 15.9 Å². The number of aromatic nitrogens is 2. The molecular formula is C6H11BrN2O. The number of aryl methyl sites for hydroxylation is 1. The summed E-state index contributed by atoms with van der Waals surface area (Å²) in [6.45, 7) is 0.236. The molecule has 58 valence electrons. The highest BCUT2D eigenvalue weighted by molar-refractivity contribution is 9.09. The molecule has 0 unspecified atom stereocenters. The third-order valence-corrected chi connectivity index (χ3v) is 1.08. The highest BCUT2D eigenvalue weighted by Crippen LogP contribution is 1.73. The van der Waals surface area contributed by atoms with Gasteiger partial charge in [0.2, 0.25) is 0 Å². The van der Waals surface area contributed by atoms with Crippen LogP contribution in [-0.4, -0.2) is 26.6 Å². The molecule has 1 aromatic rings. The zero-order valence-corrected chi connectivity index (χ0v) is 7.45. The zero-order chi connectivity index (χ0) is 7.82. The Balaban J connectivity index is 0.000000180. The number of hydrogen-bond donors (Lipinski definition) is 1. The van der Waals surface area contributed by atoms with Crippen molar-refractivity contribution in [3.63, 3.8) is 0 Å². The van der Waals surface area contributed by atoms with Crippen LogP contribution in [-0.2, 0) is 7.05 Å². The van der Waals surface area contributed by atoms with E-state index in [-0.39, 0.29) is 6.61 Å². The van der Waals surface area contributed by atoms with Gasteiger partial charge in [0.05, 0.1) is 12.9 Å². The van der Waals surface area contributed by atoms with Gasteiger partial charge in [-0.3, -0.25) is 0 Å². The number of imidazole rings is 1. The van der Waals surface area contributed by atoms with Gasteiger partial charge in [0, 0.05) is 24.8 Å². The number of rotatable bonds is 1. The van der Waals surface area contributed by atoms with Crippen LogP contribution < -0.4 is 0 Å². The lowest BCUT2D eigenvalue weighted by Crippen LogP contribution is -1.76. The van der Waals surface area contributed by atoms with Crippen molar-refractivity contribution < 1.29 is 5.11 Å². The van der Waals surface area contributed by atoms with Crippen molar-refractivity contribution in [1.29, 1.82) is 0 Å². The summed E-state index contributed by atoms with van der Waals surface area (Å²) in [6, 6.07) is 0. The van der Waals surface area contributed by atoms with E-state index in [0.29, 0.717) is 5.33 Å². The lowest BCUT2D eigenvalue weighted by molar-refractivity contribution is 0.324. The molecule has 3 nitrogen and oxygen atoms in total. The van der Waals surface area contributed by atoms with E-state index in [2.05, 4.69) is 20.9 Å². The van der Waals surface area contributed by atoms with Gasteiger partial charge in [0.15, 0.2) is 0 Å². The molecule has 0 aliphatic rings. The topological polar surface area (TPSA) is 38.0 Å². The minimum absolute atomic E-state index is 0.236. The van der Waals surface area contributed by atoms with E-state index >= 15 is 0 Å². The van der Waals surface area contributed by atoms with Crippen molar-refractivity contribution in [3.05, 3.63) is 18.7 Å². The smallest absolute Gasteiger partial charge is 0.0943 e. The van der Waals surface area contributed by atoms with Crippen LogP contribution in [0.3, 0.4) is 0 Å². The second-order valence-electron chi connectivity index (χ2n) is 1.64. The van der Waals surface area contributed by atoms with Crippen LogP contribution in [0.15, 0.2) is 18.7 Å². The van der Waals surface area contributed by atoms with Gasteiger partial charge in [-0.25, -0.2) is 4.98 Å². The summed E-state index contributed by atoms with van der Waals surface area (Å²) in [5.74, 6) is 0. The molecule has 0 aliphatic carbocycles. The van der Waals surface area contributed by atoms with E-state index < -0.39 is 0 Å². The van der Waals surface area contributed by atoms with Gasteiger partial charge >= 0.3 is 0 Å². The van der Waals surface area contributed by atoms with Gasteiger partial charge in [-0.05, 0) is 0 Å². The monoisotopic (exact) mass is 206 g/mol.